The molecule has 0 aliphatic rings. The topological polar surface area (TPSA) is 105 Å². The van der Waals surface area contributed by atoms with Crippen LogP contribution in [-0.2, 0) is 20.9 Å². The van der Waals surface area contributed by atoms with Crippen LogP contribution in [0, 0.1) is 0 Å². The second kappa shape index (κ2) is 8.63. The number of esters is 1. The summed E-state index contributed by atoms with van der Waals surface area (Å²) in [6.45, 7) is 0.297. The molecule has 0 saturated carbocycles. The molecule has 0 saturated heterocycles. The van der Waals surface area contributed by atoms with Gasteiger partial charge in [-0.15, -0.1) is 11.3 Å². The minimum absolute atomic E-state index is 0.0278. The molecule has 0 unspecified atom stereocenters. The number of ether oxygens (including phenoxy) is 1. The Kier molecular flexibility index (Phi) is 7.17. The Morgan fingerprint density at radius 3 is 2.67 bits per heavy atom. The van der Waals surface area contributed by atoms with Crippen LogP contribution in [0.3, 0.4) is 0 Å². The Bertz CT molecular complexity index is 520. The Balaban J connectivity index is 2.41. The fourth-order valence-corrected chi connectivity index (χ4v) is 2.87. The van der Waals surface area contributed by atoms with E-state index in [4.69, 9.17) is 5.11 Å². The molecule has 116 valence electrons. The summed E-state index contributed by atoms with van der Waals surface area (Å²) in [7, 11) is 1.22. The smallest absolute Gasteiger partial charge is 0.326 e. The van der Waals surface area contributed by atoms with E-state index in [0.29, 0.717) is 6.54 Å². The van der Waals surface area contributed by atoms with Crippen molar-refractivity contribution in [3.05, 3.63) is 20.8 Å². The number of carboxylic acid groups (broad SMARTS) is 1. The molecule has 0 radical (unpaired) electrons. The third kappa shape index (κ3) is 6.58. The minimum Gasteiger partial charge on any atom is -0.480 e. The Morgan fingerprint density at radius 2 is 2.14 bits per heavy atom. The zero-order valence-corrected chi connectivity index (χ0v) is 13.6. The molecule has 3 N–H and O–H groups in total. The molecule has 0 aliphatic heterocycles. The van der Waals surface area contributed by atoms with Crippen LogP contribution >= 0.6 is 27.3 Å². The number of amides is 2. The monoisotopic (exact) mass is 378 g/mol. The van der Waals surface area contributed by atoms with E-state index in [1.165, 1.54) is 18.4 Å². The lowest BCUT2D eigenvalue weighted by atomic mass is 10.1. The number of rotatable bonds is 7. The highest BCUT2D eigenvalue weighted by Crippen LogP contribution is 2.21. The number of hydrogen-bond donors (Lipinski definition) is 3. The Labute approximate surface area is 133 Å². The molecule has 0 bridgehead atoms. The Morgan fingerprint density at radius 1 is 1.43 bits per heavy atom. The molecule has 2 amide bonds. The Hall–Kier alpha value is -1.61. The molecule has 7 nitrogen and oxygen atoms in total. The highest BCUT2D eigenvalue weighted by atomic mass is 79.9. The predicted octanol–water partition coefficient (Wildman–Crippen LogP) is 1.72. The quantitative estimate of drug-likeness (QED) is 0.626. The van der Waals surface area contributed by atoms with Crippen molar-refractivity contribution in [3.63, 3.8) is 0 Å². The molecule has 9 heteroatoms. The molecule has 1 aromatic heterocycles. The van der Waals surface area contributed by atoms with E-state index in [0.717, 1.165) is 8.66 Å². The van der Waals surface area contributed by atoms with Gasteiger partial charge in [0.2, 0.25) is 0 Å². The molecule has 1 atom stereocenters. The third-order valence-electron chi connectivity index (χ3n) is 2.52. The van der Waals surface area contributed by atoms with Gasteiger partial charge in [0.25, 0.3) is 0 Å². The number of aliphatic carboxylic acids is 1. The van der Waals surface area contributed by atoms with E-state index in [9.17, 15) is 14.4 Å². The largest absolute Gasteiger partial charge is 0.480 e. The summed E-state index contributed by atoms with van der Waals surface area (Å²) in [5, 5.41) is 13.9. The zero-order valence-electron chi connectivity index (χ0n) is 11.2. The highest BCUT2D eigenvalue weighted by molar-refractivity contribution is 9.11. The summed E-state index contributed by atoms with van der Waals surface area (Å²) >= 11 is 4.78. The summed E-state index contributed by atoms with van der Waals surface area (Å²) < 4.78 is 5.38. The molecule has 1 rings (SSSR count). The molecular formula is C12H15BrN2O5S. The van der Waals surface area contributed by atoms with E-state index >= 15 is 0 Å². The van der Waals surface area contributed by atoms with Crippen molar-refractivity contribution in [2.24, 2.45) is 0 Å². The first-order valence-corrected chi connectivity index (χ1v) is 7.61. The van der Waals surface area contributed by atoms with Crippen LogP contribution in [-0.4, -0.2) is 36.2 Å². The first-order chi connectivity index (χ1) is 9.92. The first kappa shape index (κ1) is 17.4. The number of nitrogens with one attached hydrogen (secondary N) is 2. The average molecular weight is 379 g/mol. The zero-order chi connectivity index (χ0) is 15.8. The van der Waals surface area contributed by atoms with Gasteiger partial charge < -0.3 is 20.5 Å². The lowest BCUT2D eigenvalue weighted by Gasteiger charge is -2.14. The van der Waals surface area contributed by atoms with Gasteiger partial charge in [-0.3, -0.25) is 4.79 Å². The van der Waals surface area contributed by atoms with Gasteiger partial charge in [0.15, 0.2) is 0 Å². The summed E-state index contributed by atoms with van der Waals surface area (Å²) in [4.78, 5) is 34.6. The first-order valence-electron chi connectivity index (χ1n) is 6.00. The third-order valence-corrected chi connectivity index (χ3v) is 4.14. The number of carboxylic acids is 1. The number of thiophene rings is 1. The fraction of sp³-hybridized carbons (Fsp3) is 0.417. The van der Waals surface area contributed by atoms with E-state index in [2.05, 4.69) is 31.3 Å². The molecule has 0 aliphatic carbocycles. The van der Waals surface area contributed by atoms with Gasteiger partial charge in [-0.2, -0.15) is 0 Å². The molecule has 0 fully saturated rings. The van der Waals surface area contributed by atoms with Crippen molar-refractivity contribution in [1.82, 2.24) is 10.6 Å². The van der Waals surface area contributed by atoms with E-state index in [-0.39, 0.29) is 12.8 Å². The highest BCUT2D eigenvalue weighted by Gasteiger charge is 2.21. The summed E-state index contributed by atoms with van der Waals surface area (Å²) in [5.41, 5.74) is 0. The number of methoxy groups -OCH3 is 1. The predicted molar refractivity (Wildman–Crippen MR) is 80.1 cm³/mol. The number of hydrogen-bond acceptors (Lipinski definition) is 5. The molecule has 21 heavy (non-hydrogen) atoms. The number of carbonyl (C=O) groups excluding carboxylic acids is 2. The number of carbonyl (C=O) groups is 3. The van der Waals surface area contributed by atoms with Crippen LogP contribution in [0.2, 0.25) is 0 Å². The SMILES string of the molecule is COC(=O)CC[C@@H](NC(=O)NCc1ccc(Br)s1)C(=O)O. The normalized spacial score (nSPS) is 11.5. The van der Waals surface area contributed by atoms with E-state index in [1.54, 1.807) is 0 Å². The van der Waals surface area contributed by atoms with E-state index < -0.39 is 24.0 Å². The summed E-state index contributed by atoms with van der Waals surface area (Å²) in [5.74, 6) is -1.72. The van der Waals surface area contributed by atoms with E-state index in [1.807, 2.05) is 12.1 Å². The van der Waals surface area contributed by atoms with Crippen LogP contribution in [0.25, 0.3) is 0 Å². The van der Waals surface area contributed by atoms with Gasteiger partial charge in [0, 0.05) is 11.3 Å². The second-order valence-electron chi connectivity index (χ2n) is 4.04. The maximum absolute atomic E-state index is 11.6. The average Bonchev–Trinajstić information content (AvgIpc) is 2.86. The van der Waals surface area contributed by atoms with Gasteiger partial charge in [0.1, 0.15) is 6.04 Å². The van der Waals surface area contributed by atoms with Crippen molar-refractivity contribution < 1.29 is 24.2 Å². The minimum atomic E-state index is -1.20. The maximum atomic E-state index is 11.6. The van der Waals surface area contributed by atoms with Gasteiger partial charge in [-0.25, -0.2) is 9.59 Å². The van der Waals surface area contributed by atoms with Crippen LogP contribution in [0.5, 0.6) is 0 Å². The molecule has 1 aromatic rings. The summed E-state index contributed by atoms with van der Waals surface area (Å²) in [6.07, 6.45) is -0.106. The summed E-state index contributed by atoms with van der Waals surface area (Å²) in [6, 6.07) is 1.97. The van der Waals surface area contributed by atoms with Crippen molar-refractivity contribution >= 4 is 45.2 Å². The molecule has 0 aromatic carbocycles. The number of halogens is 1. The second-order valence-corrected chi connectivity index (χ2v) is 6.59. The van der Waals surface area contributed by atoms with Gasteiger partial charge in [-0.1, -0.05) is 0 Å². The van der Waals surface area contributed by atoms with Crippen LogP contribution in [0.1, 0.15) is 17.7 Å². The maximum Gasteiger partial charge on any atom is 0.326 e. The van der Waals surface area contributed by atoms with Crippen LogP contribution in [0.15, 0.2) is 15.9 Å². The lowest BCUT2D eigenvalue weighted by Crippen LogP contribution is -2.45. The van der Waals surface area contributed by atoms with Gasteiger partial charge in [0.05, 0.1) is 17.4 Å². The fourth-order valence-electron chi connectivity index (χ4n) is 1.45. The lowest BCUT2D eigenvalue weighted by molar-refractivity contribution is -0.142. The number of urea groups is 1. The van der Waals surface area contributed by atoms with Crippen molar-refractivity contribution in [3.8, 4) is 0 Å². The standard InChI is InChI=1S/C12H15BrN2O5S/c1-20-10(16)5-3-8(11(17)18)15-12(19)14-6-7-2-4-9(13)21-7/h2,4,8H,3,5-6H2,1H3,(H,17,18)(H2,14,15,19)/t8-/m1/s1. The van der Waals surface area contributed by atoms with Crippen LogP contribution in [0.4, 0.5) is 4.79 Å². The molecule has 0 spiro atoms. The molecule has 1 heterocycles. The van der Waals surface area contributed by atoms with Gasteiger partial charge >= 0.3 is 18.0 Å². The van der Waals surface area contributed by atoms with Gasteiger partial charge in [-0.05, 0) is 34.5 Å². The molecular weight excluding hydrogens is 364 g/mol. The van der Waals surface area contributed by atoms with Crippen molar-refractivity contribution in [2.45, 2.75) is 25.4 Å². The van der Waals surface area contributed by atoms with Crippen LogP contribution < -0.4 is 10.6 Å². The van der Waals surface area contributed by atoms with Crippen molar-refractivity contribution in [1.29, 1.82) is 0 Å². The van der Waals surface area contributed by atoms with Crippen molar-refractivity contribution in [2.75, 3.05) is 7.11 Å².